The van der Waals surface area contributed by atoms with Gasteiger partial charge in [-0.3, -0.25) is 0 Å². The number of nitrogens with two attached hydrogens (primary N) is 2. The van der Waals surface area contributed by atoms with Gasteiger partial charge in [-0.05, 0) is 83.6 Å². The number of nitrogens with zero attached hydrogens (tertiary/aromatic N) is 2. The van der Waals surface area contributed by atoms with E-state index >= 15 is 0 Å². The van der Waals surface area contributed by atoms with Crippen molar-refractivity contribution in [1.29, 1.82) is 0 Å². The molecule has 0 spiro atoms. The lowest BCUT2D eigenvalue weighted by Crippen LogP contribution is -2.33. The Morgan fingerprint density at radius 1 is 0.452 bits per heavy atom. The molecule has 0 unspecified atom stereocenters. The van der Waals surface area contributed by atoms with Gasteiger partial charge >= 0.3 is 0 Å². The maximum Gasteiger partial charge on any atom is 0.0606 e. The van der Waals surface area contributed by atoms with Crippen molar-refractivity contribution >= 4 is 34.6 Å². The molecule has 0 radical (unpaired) electrons. The molecule has 4 aromatic carbocycles. The Balaban J connectivity index is 0.000000230. The Kier molecular flexibility index (Phi) is 14.7. The number of rotatable bonds is 14. The van der Waals surface area contributed by atoms with E-state index in [9.17, 15) is 0 Å². The first kappa shape index (κ1) is 33.4. The second kappa shape index (κ2) is 18.4. The minimum Gasteiger partial charge on any atom is -0.395 e. The van der Waals surface area contributed by atoms with Gasteiger partial charge in [-0.25, -0.2) is 0 Å². The molecule has 0 aliphatic heterocycles. The van der Waals surface area contributed by atoms with E-state index in [1.54, 1.807) is 0 Å². The summed E-state index contributed by atoms with van der Waals surface area (Å²) < 4.78 is 0. The highest BCUT2D eigenvalue weighted by Gasteiger charge is 2.06. The van der Waals surface area contributed by atoms with Crippen LogP contribution in [-0.4, -0.2) is 62.7 Å². The van der Waals surface area contributed by atoms with Crippen molar-refractivity contribution in [3.63, 3.8) is 0 Å². The molecule has 4 rings (SSSR count). The van der Waals surface area contributed by atoms with Gasteiger partial charge in [-0.15, -0.1) is 0 Å². The number of hydrogen-bond acceptors (Lipinski definition) is 6. The first-order valence-electron chi connectivity index (χ1n) is 14.2. The van der Waals surface area contributed by atoms with Crippen molar-refractivity contribution in [2.75, 3.05) is 62.3 Å². The molecule has 0 aliphatic rings. The summed E-state index contributed by atoms with van der Waals surface area (Å²) in [5, 5.41) is 19.6. The average molecular weight is 610 g/mol. The predicted molar refractivity (Wildman–Crippen MR) is 178 cm³/mol. The average Bonchev–Trinajstić information content (AvgIpc) is 3.00. The van der Waals surface area contributed by atoms with Crippen LogP contribution < -0.4 is 21.3 Å². The Morgan fingerprint density at radius 3 is 1.02 bits per heavy atom. The highest BCUT2D eigenvalue weighted by molar-refractivity contribution is 6.30. The Hall–Kier alpha value is -3.10. The Labute approximate surface area is 260 Å². The van der Waals surface area contributed by atoms with E-state index in [4.69, 9.17) is 44.9 Å². The van der Waals surface area contributed by atoms with Gasteiger partial charge in [0.25, 0.3) is 0 Å². The lowest BCUT2D eigenvalue weighted by atomic mass is 10.0. The number of anilines is 2. The van der Waals surface area contributed by atoms with Crippen LogP contribution in [0.2, 0.25) is 10.0 Å². The normalized spacial score (nSPS) is 10.6. The van der Waals surface area contributed by atoms with E-state index in [-0.39, 0.29) is 13.2 Å². The van der Waals surface area contributed by atoms with E-state index in [0.717, 1.165) is 41.7 Å². The lowest BCUT2D eigenvalue weighted by Gasteiger charge is -2.23. The van der Waals surface area contributed by atoms with Crippen LogP contribution in [0.4, 0.5) is 11.4 Å². The fourth-order valence-corrected chi connectivity index (χ4v) is 4.87. The van der Waals surface area contributed by atoms with Gasteiger partial charge < -0.3 is 31.5 Å². The van der Waals surface area contributed by atoms with E-state index in [1.165, 1.54) is 27.9 Å². The molecule has 0 bridgehead atoms. The number of halogens is 2. The van der Waals surface area contributed by atoms with Gasteiger partial charge in [0.15, 0.2) is 0 Å². The quantitative estimate of drug-likeness (QED) is 0.153. The summed E-state index contributed by atoms with van der Waals surface area (Å²) in [6, 6.07) is 32.6. The molecular formula is C34H42Cl2N4O2. The van der Waals surface area contributed by atoms with Gasteiger partial charge in [0, 0.05) is 60.7 Å². The van der Waals surface area contributed by atoms with Crippen LogP contribution >= 0.6 is 23.2 Å². The third-order valence-electron chi connectivity index (χ3n) is 6.78. The maximum absolute atomic E-state index is 9.06. The smallest absolute Gasteiger partial charge is 0.0606 e. The van der Waals surface area contributed by atoms with Gasteiger partial charge in [0.05, 0.1) is 13.2 Å². The van der Waals surface area contributed by atoms with Gasteiger partial charge in [0.2, 0.25) is 0 Å². The minimum absolute atomic E-state index is 0.0759. The summed E-state index contributed by atoms with van der Waals surface area (Å²) >= 11 is 11.8. The zero-order valence-electron chi connectivity index (χ0n) is 24.0. The Bertz CT molecular complexity index is 1170. The second-order valence-electron chi connectivity index (χ2n) is 9.94. The van der Waals surface area contributed by atoms with Gasteiger partial charge in [0.1, 0.15) is 0 Å². The molecule has 42 heavy (non-hydrogen) atoms. The van der Waals surface area contributed by atoms with E-state index in [1.807, 2.05) is 53.4 Å². The van der Waals surface area contributed by atoms with Crippen LogP contribution in [-0.2, 0) is 12.8 Å². The van der Waals surface area contributed by atoms with Gasteiger partial charge in [-0.2, -0.15) is 0 Å². The molecule has 0 aromatic heterocycles. The van der Waals surface area contributed by atoms with Crippen LogP contribution in [0, 0.1) is 0 Å². The predicted octanol–water partition coefficient (Wildman–Crippen LogP) is 5.38. The molecular weight excluding hydrogens is 567 g/mol. The van der Waals surface area contributed by atoms with Crippen molar-refractivity contribution in [2.24, 2.45) is 11.5 Å². The molecule has 0 aliphatic carbocycles. The highest BCUT2D eigenvalue weighted by atomic mass is 35.5. The first-order chi connectivity index (χ1) is 20.4. The third kappa shape index (κ3) is 11.3. The molecule has 224 valence electrons. The van der Waals surface area contributed by atoms with E-state index in [2.05, 4.69) is 53.4 Å². The number of aliphatic hydroxyl groups is 2. The minimum atomic E-state index is 0.0759. The molecule has 0 amide bonds. The lowest BCUT2D eigenvalue weighted by molar-refractivity contribution is 0.281. The number of benzene rings is 4. The molecule has 8 heteroatoms. The molecule has 0 fully saturated rings. The molecule has 0 saturated heterocycles. The maximum atomic E-state index is 9.06. The largest absolute Gasteiger partial charge is 0.395 e. The third-order valence-corrected chi connectivity index (χ3v) is 7.29. The van der Waals surface area contributed by atoms with Gasteiger partial charge in [-0.1, -0.05) is 71.7 Å². The van der Waals surface area contributed by atoms with Crippen molar-refractivity contribution in [3.8, 4) is 0 Å². The van der Waals surface area contributed by atoms with Crippen LogP contribution in [0.5, 0.6) is 0 Å². The van der Waals surface area contributed by atoms with E-state index in [0.29, 0.717) is 26.2 Å². The standard InChI is InChI=1S/C17H22ClN3.C17H20ClNO2/c18-16-5-1-14(2-6-16)13-15-3-7-17(8-4-15)21(11-9-19)12-10-20;18-16-5-1-14(2-6-16)13-15-3-7-17(8-4-15)19(9-11-20)10-12-21/h1-8H,9-13,19-20H2;1-8,20-21H,9-13H2. The zero-order chi connectivity index (χ0) is 30.2. The van der Waals surface area contributed by atoms with Crippen LogP contribution in [0.25, 0.3) is 0 Å². The summed E-state index contributed by atoms with van der Waals surface area (Å²) in [5.74, 6) is 0. The topological polar surface area (TPSA) is 99.0 Å². The van der Waals surface area contributed by atoms with Crippen molar-refractivity contribution in [2.45, 2.75) is 12.8 Å². The van der Waals surface area contributed by atoms with Crippen LogP contribution in [0.3, 0.4) is 0 Å². The summed E-state index contributed by atoms with van der Waals surface area (Å²) in [7, 11) is 0. The number of hydrogen-bond donors (Lipinski definition) is 4. The zero-order valence-corrected chi connectivity index (χ0v) is 25.5. The van der Waals surface area contributed by atoms with Crippen molar-refractivity contribution < 1.29 is 10.2 Å². The van der Waals surface area contributed by atoms with Crippen LogP contribution in [0.15, 0.2) is 97.1 Å². The molecule has 0 heterocycles. The summed E-state index contributed by atoms with van der Waals surface area (Å²) in [4.78, 5) is 4.18. The first-order valence-corrected chi connectivity index (χ1v) is 15.0. The fourth-order valence-electron chi connectivity index (χ4n) is 4.62. The fraction of sp³-hybridized carbons (Fsp3) is 0.294. The molecule has 6 nitrogen and oxygen atoms in total. The summed E-state index contributed by atoms with van der Waals surface area (Å²) in [6.45, 7) is 4.12. The second-order valence-corrected chi connectivity index (χ2v) is 10.8. The summed E-state index contributed by atoms with van der Waals surface area (Å²) in [5.41, 5.74) is 18.5. The molecule has 0 saturated carbocycles. The van der Waals surface area contributed by atoms with Crippen molar-refractivity contribution in [3.05, 3.63) is 129 Å². The number of aliphatic hydroxyl groups excluding tert-OH is 2. The molecule has 6 N–H and O–H groups in total. The molecule has 4 aromatic rings. The van der Waals surface area contributed by atoms with Crippen LogP contribution in [0.1, 0.15) is 22.3 Å². The van der Waals surface area contributed by atoms with E-state index < -0.39 is 0 Å². The molecule has 0 atom stereocenters. The monoisotopic (exact) mass is 608 g/mol. The SMILES string of the molecule is NCCN(CCN)c1ccc(Cc2ccc(Cl)cc2)cc1.OCCN(CCO)c1ccc(Cc2ccc(Cl)cc2)cc1. The summed E-state index contributed by atoms with van der Waals surface area (Å²) in [6.07, 6.45) is 1.77. The van der Waals surface area contributed by atoms with Crippen molar-refractivity contribution in [1.82, 2.24) is 0 Å². The Morgan fingerprint density at radius 2 is 0.738 bits per heavy atom. The highest BCUT2D eigenvalue weighted by Crippen LogP contribution is 2.20.